The number of para-hydroxylation sites is 2. The lowest BCUT2D eigenvalue weighted by molar-refractivity contribution is 0.768. The zero-order valence-electron chi connectivity index (χ0n) is 38.0. The summed E-state index contributed by atoms with van der Waals surface area (Å²) in [5, 5.41) is 2.43. The number of hydrogen-bond donors (Lipinski definition) is 0. The molecule has 0 bridgehead atoms. The Bertz CT molecular complexity index is 3780. The van der Waals surface area contributed by atoms with Gasteiger partial charge in [0, 0.05) is 33.3 Å². The van der Waals surface area contributed by atoms with Gasteiger partial charge in [-0.05, 0) is 98.1 Å². The van der Waals surface area contributed by atoms with Crippen molar-refractivity contribution in [2.24, 2.45) is 0 Å². The van der Waals surface area contributed by atoms with Crippen LogP contribution in [0.25, 0.3) is 72.0 Å². The Kier molecular flexibility index (Phi) is 9.77. The second-order valence-electron chi connectivity index (χ2n) is 17.9. The Morgan fingerprint density at radius 1 is 0.304 bits per heavy atom. The maximum absolute atomic E-state index is 2.57. The molecule has 69 heavy (non-hydrogen) atoms. The van der Waals surface area contributed by atoms with Crippen molar-refractivity contribution >= 4 is 38.9 Å². The second kappa shape index (κ2) is 16.7. The fourth-order valence-corrected chi connectivity index (χ4v) is 11.5. The number of nitrogens with zero attached hydrogens (tertiary/aromatic N) is 2. The van der Waals surface area contributed by atoms with Gasteiger partial charge in [0.05, 0.1) is 27.8 Å². The van der Waals surface area contributed by atoms with Gasteiger partial charge in [-0.2, -0.15) is 0 Å². The molecule has 0 unspecified atom stereocenters. The van der Waals surface area contributed by atoms with Crippen LogP contribution in [0.3, 0.4) is 0 Å². The zero-order valence-corrected chi connectivity index (χ0v) is 38.0. The molecule has 1 aliphatic carbocycles. The van der Waals surface area contributed by atoms with Crippen LogP contribution in [0, 0.1) is 0 Å². The molecule has 12 aromatic rings. The molecule has 0 saturated carbocycles. The average molecular weight is 879 g/mol. The van der Waals surface area contributed by atoms with Crippen LogP contribution in [0.5, 0.6) is 0 Å². The highest BCUT2D eigenvalue weighted by atomic mass is 15.2. The van der Waals surface area contributed by atoms with Crippen LogP contribution in [-0.4, -0.2) is 4.57 Å². The van der Waals surface area contributed by atoms with Crippen molar-refractivity contribution in [2.75, 3.05) is 4.90 Å². The number of aromatic nitrogens is 1. The summed E-state index contributed by atoms with van der Waals surface area (Å²) in [6.07, 6.45) is 0. The second-order valence-corrected chi connectivity index (χ2v) is 17.9. The third kappa shape index (κ3) is 6.41. The fourth-order valence-electron chi connectivity index (χ4n) is 11.5. The van der Waals surface area contributed by atoms with Gasteiger partial charge in [0.2, 0.25) is 0 Å². The standard InChI is InChI=1S/C67H46N2/c1-6-24-47(25-7-1)53-34-16-17-36-57(53)65-54(48-26-8-2-9-27-48)38-22-42-62(65)69(52-44-45-56-55-35-19-21-41-61(55)68(64(56)46-52)51-32-14-5-15-33-51)63-43-23-40-60-66(63)58-37-18-20-39-59(58)67(60,49-28-10-3-11-29-49)50-30-12-4-13-31-50/h1-46H. The van der Waals surface area contributed by atoms with E-state index in [0.29, 0.717) is 0 Å². The highest BCUT2D eigenvalue weighted by Crippen LogP contribution is 2.60. The number of rotatable bonds is 9. The molecule has 11 aromatic carbocycles. The van der Waals surface area contributed by atoms with Crippen LogP contribution in [0.4, 0.5) is 17.1 Å². The Balaban J connectivity index is 1.18. The minimum atomic E-state index is -0.575. The summed E-state index contributed by atoms with van der Waals surface area (Å²) < 4.78 is 2.43. The van der Waals surface area contributed by atoms with E-state index in [0.717, 1.165) is 45.0 Å². The Morgan fingerprint density at radius 2 is 0.783 bits per heavy atom. The van der Waals surface area contributed by atoms with Gasteiger partial charge in [-0.1, -0.05) is 237 Å². The maximum Gasteiger partial charge on any atom is 0.0714 e. The molecule has 0 amide bonds. The molecule has 1 aliphatic rings. The van der Waals surface area contributed by atoms with Crippen molar-refractivity contribution < 1.29 is 0 Å². The summed E-state index contributed by atoms with van der Waals surface area (Å²) in [7, 11) is 0. The van der Waals surface area contributed by atoms with Crippen LogP contribution < -0.4 is 4.90 Å². The fraction of sp³-hybridized carbons (Fsp3) is 0.0149. The van der Waals surface area contributed by atoms with E-state index >= 15 is 0 Å². The van der Waals surface area contributed by atoms with E-state index < -0.39 is 5.41 Å². The molecule has 1 aromatic heterocycles. The lowest BCUT2D eigenvalue weighted by Crippen LogP contribution is -2.28. The highest BCUT2D eigenvalue weighted by molar-refractivity contribution is 6.11. The topological polar surface area (TPSA) is 8.17 Å². The summed E-state index contributed by atoms with van der Waals surface area (Å²) in [5.74, 6) is 0. The maximum atomic E-state index is 2.57. The lowest BCUT2D eigenvalue weighted by atomic mass is 9.68. The summed E-state index contributed by atoms with van der Waals surface area (Å²) in [5.41, 5.74) is 20.6. The molecule has 0 atom stereocenters. The van der Waals surface area contributed by atoms with E-state index in [2.05, 4.69) is 289 Å². The molecule has 0 aliphatic heterocycles. The molecule has 2 nitrogen and oxygen atoms in total. The third-order valence-electron chi connectivity index (χ3n) is 14.3. The molecule has 0 radical (unpaired) electrons. The quantitative estimate of drug-likeness (QED) is 0.140. The number of benzene rings is 11. The summed E-state index contributed by atoms with van der Waals surface area (Å²) in [6.45, 7) is 0. The summed E-state index contributed by atoms with van der Waals surface area (Å²) in [4.78, 5) is 2.57. The number of anilines is 3. The van der Waals surface area contributed by atoms with Crippen LogP contribution in [0.15, 0.2) is 279 Å². The van der Waals surface area contributed by atoms with Crippen molar-refractivity contribution in [3.05, 3.63) is 301 Å². The van der Waals surface area contributed by atoms with Crippen LogP contribution in [-0.2, 0) is 5.41 Å². The molecule has 2 heteroatoms. The molecular weight excluding hydrogens is 833 g/mol. The molecule has 1 heterocycles. The van der Waals surface area contributed by atoms with Gasteiger partial charge < -0.3 is 9.47 Å². The number of hydrogen-bond acceptors (Lipinski definition) is 1. The van der Waals surface area contributed by atoms with Gasteiger partial charge >= 0.3 is 0 Å². The van der Waals surface area contributed by atoms with Gasteiger partial charge in [-0.25, -0.2) is 0 Å². The first-order chi connectivity index (χ1) is 34.3. The van der Waals surface area contributed by atoms with Crippen molar-refractivity contribution in [2.45, 2.75) is 5.41 Å². The van der Waals surface area contributed by atoms with Crippen LogP contribution in [0.1, 0.15) is 22.3 Å². The Hall–Kier alpha value is -8.98. The molecule has 324 valence electrons. The minimum absolute atomic E-state index is 0.575. The first-order valence-electron chi connectivity index (χ1n) is 23.9. The molecule has 0 saturated heterocycles. The van der Waals surface area contributed by atoms with E-state index in [1.54, 1.807) is 0 Å². The molecule has 0 fully saturated rings. The minimum Gasteiger partial charge on any atom is -0.309 e. The predicted molar refractivity (Wildman–Crippen MR) is 289 cm³/mol. The van der Waals surface area contributed by atoms with Crippen molar-refractivity contribution in [3.63, 3.8) is 0 Å². The summed E-state index contributed by atoms with van der Waals surface area (Å²) in [6, 6.07) is 103. The van der Waals surface area contributed by atoms with Gasteiger partial charge in [0.1, 0.15) is 0 Å². The SMILES string of the molecule is c1ccc(-c2ccccc2-c2c(-c3ccccc3)cccc2N(c2ccc3c4ccccc4n(-c4ccccc4)c3c2)c2cccc3c2-c2ccccc2C3(c2ccccc2)c2ccccc2)cc1. The summed E-state index contributed by atoms with van der Waals surface area (Å²) >= 11 is 0. The smallest absolute Gasteiger partial charge is 0.0714 e. The molecular formula is C67H46N2. The van der Waals surface area contributed by atoms with Crippen LogP contribution in [0.2, 0.25) is 0 Å². The Morgan fingerprint density at radius 3 is 1.46 bits per heavy atom. The van der Waals surface area contributed by atoms with E-state index in [1.165, 1.54) is 66.4 Å². The number of fused-ring (bicyclic) bond motifs is 6. The predicted octanol–water partition coefficient (Wildman–Crippen LogP) is 17.6. The Labute approximate surface area is 403 Å². The van der Waals surface area contributed by atoms with Crippen molar-refractivity contribution in [3.8, 4) is 50.2 Å². The van der Waals surface area contributed by atoms with Gasteiger partial charge in [0.15, 0.2) is 0 Å². The molecule has 13 rings (SSSR count). The normalized spacial score (nSPS) is 12.5. The largest absolute Gasteiger partial charge is 0.309 e. The van der Waals surface area contributed by atoms with Gasteiger partial charge in [-0.15, -0.1) is 0 Å². The molecule has 0 N–H and O–H groups in total. The monoisotopic (exact) mass is 878 g/mol. The van der Waals surface area contributed by atoms with Crippen molar-refractivity contribution in [1.29, 1.82) is 0 Å². The van der Waals surface area contributed by atoms with E-state index in [1.807, 2.05) is 0 Å². The average Bonchev–Trinajstić information content (AvgIpc) is 3.93. The van der Waals surface area contributed by atoms with Crippen LogP contribution >= 0.6 is 0 Å². The van der Waals surface area contributed by atoms with Gasteiger partial charge in [0.25, 0.3) is 0 Å². The third-order valence-corrected chi connectivity index (χ3v) is 14.3. The first kappa shape index (κ1) is 40.3. The van der Waals surface area contributed by atoms with E-state index in [-0.39, 0.29) is 0 Å². The molecule has 0 spiro atoms. The van der Waals surface area contributed by atoms with E-state index in [4.69, 9.17) is 0 Å². The lowest BCUT2D eigenvalue weighted by Gasteiger charge is -2.35. The first-order valence-corrected chi connectivity index (χ1v) is 23.9. The highest BCUT2D eigenvalue weighted by Gasteiger charge is 2.47. The van der Waals surface area contributed by atoms with Crippen molar-refractivity contribution in [1.82, 2.24) is 4.57 Å². The van der Waals surface area contributed by atoms with Gasteiger partial charge in [-0.3, -0.25) is 0 Å². The zero-order chi connectivity index (χ0) is 45.7. The van der Waals surface area contributed by atoms with E-state index in [9.17, 15) is 0 Å².